The fraction of sp³-hybridized carbons (Fsp3) is 0.467. The summed E-state index contributed by atoms with van der Waals surface area (Å²) in [5, 5.41) is 2.73. The highest BCUT2D eigenvalue weighted by atomic mass is 16.5. The standard InChI is InChI=1S/C15H21N3O3/c1-2-17-14(19)12-10-21-9-8-18(12)15(20)13(16)11-6-4-3-5-7-11/h3-7,12-13H,2,8-10,16H2,1H3,(H,17,19)/t12?,13-/m0/s1. The van der Waals surface area contributed by atoms with Gasteiger partial charge in [0.1, 0.15) is 12.1 Å². The molecule has 0 saturated carbocycles. The van der Waals surface area contributed by atoms with Gasteiger partial charge in [-0.2, -0.15) is 0 Å². The van der Waals surface area contributed by atoms with Crippen molar-refractivity contribution < 1.29 is 14.3 Å². The summed E-state index contributed by atoms with van der Waals surface area (Å²) in [5.41, 5.74) is 6.78. The molecule has 1 fully saturated rings. The number of likely N-dealkylation sites (N-methyl/N-ethyl adjacent to an activating group) is 1. The molecule has 1 aliphatic heterocycles. The summed E-state index contributed by atoms with van der Waals surface area (Å²) in [6.07, 6.45) is 0. The van der Waals surface area contributed by atoms with Crippen LogP contribution in [0.15, 0.2) is 30.3 Å². The zero-order chi connectivity index (χ0) is 15.2. The SMILES string of the molecule is CCNC(=O)C1COCCN1C(=O)[C@@H](N)c1ccccc1. The van der Waals surface area contributed by atoms with E-state index in [0.717, 1.165) is 5.56 Å². The highest BCUT2D eigenvalue weighted by Crippen LogP contribution is 2.17. The normalized spacial score (nSPS) is 19.9. The fourth-order valence-electron chi connectivity index (χ4n) is 2.36. The first-order valence-corrected chi connectivity index (χ1v) is 7.11. The molecule has 0 radical (unpaired) electrons. The maximum atomic E-state index is 12.6. The lowest BCUT2D eigenvalue weighted by molar-refractivity contribution is -0.149. The van der Waals surface area contributed by atoms with Crippen LogP contribution in [0.25, 0.3) is 0 Å². The molecule has 1 aromatic rings. The molecule has 6 heteroatoms. The van der Waals surface area contributed by atoms with E-state index in [-0.39, 0.29) is 18.4 Å². The molecule has 2 rings (SSSR count). The Morgan fingerprint density at radius 3 is 2.81 bits per heavy atom. The number of nitrogens with zero attached hydrogens (tertiary/aromatic N) is 1. The predicted molar refractivity (Wildman–Crippen MR) is 78.4 cm³/mol. The van der Waals surface area contributed by atoms with Gasteiger partial charge in [0, 0.05) is 13.1 Å². The first-order chi connectivity index (χ1) is 10.1. The highest BCUT2D eigenvalue weighted by molar-refractivity contribution is 5.90. The summed E-state index contributed by atoms with van der Waals surface area (Å²) < 4.78 is 5.32. The Morgan fingerprint density at radius 2 is 2.14 bits per heavy atom. The zero-order valence-corrected chi connectivity index (χ0v) is 12.1. The Balaban J connectivity index is 2.13. The summed E-state index contributed by atoms with van der Waals surface area (Å²) in [7, 11) is 0. The van der Waals surface area contributed by atoms with Crippen molar-refractivity contribution in [2.75, 3.05) is 26.3 Å². The lowest BCUT2D eigenvalue weighted by Gasteiger charge is -2.36. The van der Waals surface area contributed by atoms with Crippen LogP contribution in [-0.4, -0.2) is 49.1 Å². The number of ether oxygens (including phenoxy) is 1. The van der Waals surface area contributed by atoms with Crippen molar-refractivity contribution in [1.82, 2.24) is 10.2 Å². The smallest absolute Gasteiger partial charge is 0.245 e. The summed E-state index contributed by atoms with van der Waals surface area (Å²) in [4.78, 5) is 26.1. The molecule has 1 saturated heterocycles. The maximum absolute atomic E-state index is 12.6. The molecular formula is C15H21N3O3. The molecule has 0 bridgehead atoms. The molecule has 0 aliphatic carbocycles. The number of carbonyl (C=O) groups is 2. The van der Waals surface area contributed by atoms with Crippen molar-refractivity contribution in [1.29, 1.82) is 0 Å². The van der Waals surface area contributed by atoms with Gasteiger partial charge in [0.05, 0.1) is 13.2 Å². The second-order valence-electron chi connectivity index (χ2n) is 4.91. The van der Waals surface area contributed by atoms with Crippen LogP contribution in [0.2, 0.25) is 0 Å². The Kier molecular flexibility index (Phi) is 5.30. The van der Waals surface area contributed by atoms with Gasteiger partial charge in [-0.25, -0.2) is 0 Å². The quantitative estimate of drug-likeness (QED) is 0.821. The number of benzene rings is 1. The third-order valence-corrected chi connectivity index (χ3v) is 3.49. The van der Waals surface area contributed by atoms with E-state index in [1.54, 1.807) is 0 Å². The first-order valence-electron chi connectivity index (χ1n) is 7.11. The minimum atomic E-state index is -0.763. The van der Waals surface area contributed by atoms with E-state index in [2.05, 4.69) is 5.32 Å². The largest absolute Gasteiger partial charge is 0.377 e. The number of hydrogen-bond donors (Lipinski definition) is 2. The Bertz CT molecular complexity index is 492. The van der Waals surface area contributed by atoms with Crippen molar-refractivity contribution in [3.05, 3.63) is 35.9 Å². The molecule has 1 unspecified atom stereocenters. The number of morpholine rings is 1. The summed E-state index contributed by atoms with van der Waals surface area (Å²) in [6.45, 7) is 3.36. The van der Waals surface area contributed by atoms with Crippen molar-refractivity contribution in [2.45, 2.75) is 19.0 Å². The minimum absolute atomic E-state index is 0.203. The predicted octanol–water partition coefficient (Wildman–Crippen LogP) is 0.0499. The van der Waals surface area contributed by atoms with Crippen LogP contribution in [0.3, 0.4) is 0 Å². The van der Waals surface area contributed by atoms with Gasteiger partial charge in [-0.3, -0.25) is 9.59 Å². The molecule has 1 aromatic carbocycles. The summed E-state index contributed by atoms with van der Waals surface area (Å²) >= 11 is 0. The van der Waals surface area contributed by atoms with Gasteiger partial charge < -0.3 is 20.7 Å². The number of hydrogen-bond acceptors (Lipinski definition) is 4. The third-order valence-electron chi connectivity index (χ3n) is 3.49. The molecule has 2 atom stereocenters. The van der Waals surface area contributed by atoms with Crippen molar-refractivity contribution in [3.8, 4) is 0 Å². The topological polar surface area (TPSA) is 84.7 Å². The lowest BCUT2D eigenvalue weighted by Crippen LogP contribution is -2.57. The van der Waals surface area contributed by atoms with E-state index in [1.807, 2.05) is 37.3 Å². The van der Waals surface area contributed by atoms with Crippen LogP contribution in [0.5, 0.6) is 0 Å². The fourth-order valence-corrected chi connectivity index (χ4v) is 2.36. The highest BCUT2D eigenvalue weighted by Gasteiger charge is 2.35. The lowest BCUT2D eigenvalue weighted by atomic mass is 10.0. The van der Waals surface area contributed by atoms with Crippen LogP contribution in [0.1, 0.15) is 18.5 Å². The van der Waals surface area contributed by atoms with Crippen LogP contribution in [0.4, 0.5) is 0 Å². The van der Waals surface area contributed by atoms with Crippen LogP contribution >= 0.6 is 0 Å². The average molecular weight is 291 g/mol. The van der Waals surface area contributed by atoms with E-state index in [9.17, 15) is 9.59 Å². The van der Waals surface area contributed by atoms with Crippen molar-refractivity contribution >= 4 is 11.8 Å². The molecular weight excluding hydrogens is 270 g/mol. The molecule has 1 heterocycles. The number of nitrogens with two attached hydrogens (primary N) is 1. The summed E-state index contributed by atoms with van der Waals surface area (Å²) in [6, 6.07) is 7.79. The molecule has 6 nitrogen and oxygen atoms in total. The van der Waals surface area contributed by atoms with Gasteiger partial charge >= 0.3 is 0 Å². The van der Waals surface area contributed by atoms with Crippen LogP contribution < -0.4 is 11.1 Å². The zero-order valence-electron chi connectivity index (χ0n) is 12.1. The first kappa shape index (κ1) is 15.5. The van der Waals surface area contributed by atoms with Gasteiger partial charge in [0.15, 0.2) is 0 Å². The Labute approximate surface area is 124 Å². The van der Waals surface area contributed by atoms with Crippen molar-refractivity contribution in [3.63, 3.8) is 0 Å². The van der Waals surface area contributed by atoms with E-state index in [4.69, 9.17) is 10.5 Å². The number of carbonyl (C=O) groups excluding carboxylic acids is 2. The minimum Gasteiger partial charge on any atom is -0.377 e. The van der Waals surface area contributed by atoms with E-state index in [0.29, 0.717) is 19.7 Å². The van der Waals surface area contributed by atoms with Gasteiger partial charge in [0.2, 0.25) is 11.8 Å². The third kappa shape index (κ3) is 3.59. The van der Waals surface area contributed by atoms with E-state index >= 15 is 0 Å². The van der Waals surface area contributed by atoms with Crippen molar-refractivity contribution in [2.24, 2.45) is 5.73 Å². The molecule has 21 heavy (non-hydrogen) atoms. The number of nitrogens with one attached hydrogen (secondary N) is 1. The van der Waals surface area contributed by atoms with E-state index < -0.39 is 12.1 Å². The summed E-state index contributed by atoms with van der Waals surface area (Å²) in [5.74, 6) is -0.452. The molecule has 0 spiro atoms. The van der Waals surface area contributed by atoms with E-state index in [1.165, 1.54) is 4.90 Å². The van der Waals surface area contributed by atoms with Crippen LogP contribution in [0, 0.1) is 0 Å². The number of rotatable bonds is 4. The molecule has 114 valence electrons. The van der Waals surface area contributed by atoms with Gasteiger partial charge in [0.25, 0.3) is 0 Å². The molecule has 3 N–H and O–H groups in total. The molecule has 2 amide bonds. The van der Waals surface area contributed by atoms with Gasteiger partial charge in [-0.05, 0) is 12.5 Å². The number of amides is 2. The second-order valence-corrected chi connectivity index (χ2v) is 4.91. The second kappa shape index (κ2) is 7.19. The average Bonchev–Trinajstić information content (AvgIpc) is 2.54. The maximum Gasteiger partial charge on any atom is 0.245 e. The monoisotopic (exact) mass is 291 g/mol. The van der Waals surface area contributed by atoms with Gasteiger partial charge in [-0.1, -0.05) is 30.3 Å². The Hall–Kier alpha value is -1.92. The Morgan fingerprint density at radius 1 is 1.43 bits per heavy atom. The van der Waals surface area contributed by atoms with Gasteiger partial charge in [-0.15, -0.1) is 0 Å². The van der Waals surface area contributed by atoms with Crippen LogP contribution in [-0.2, 0) is 14.3 Å². The molecule has 0 aromatic heterocycles. The molecule has 1 aliphatic rings.